The molecule has 0 aliphatic carbocycles. The fourth-order valence-electron chi connectivity index (χ4n) is 3.51. The van der Waals surface area contributed by atoms with Gasteiger partial charge < -0.3 is 9.52 Å². The predicted molar refractivity (Wildman–Crippen MR) is 127 cm³/mol. The van der Waals surface area contributed by atoms with Gasteiger partial charge in [-0.3, -0.25) is 0 Å². The van der Waals surface area contributed by atoms with Gasteiger partial charge in [0.25, 0.3) is 0 Å². The van der Waals surface area contributed by atoms with Crippen LogP contribution in [0, 0.1) is 5.92 Å². The van der Waals surface area contributed by atoms with Gasteiger partial charge in [-0.15, -0.1) is 0 Å². The SMILES string of the molecule is CC(C)Cc1ccccc1Sc1c(O)cc(-c2cccc(-c3ccccc3)c2)oc1=O. The first-order valence-electron chi connectivity index (χ1n) is 10.3. The summed E-state index contributed by atoms with van der Waals surface area (Å²) >= 11 is 1.26. The lowest BCUT2D eigenvalue weighted by Crippen LogP contribution is -2.04. The van der Waals surface area contributed by atoms with Crippen LogP contribution in [0.15, 0.2) is 104 Å². The van der Waals surface area contributed by atoms with Crippen LogP contribution >= 0.6 is 11.8 Å². The molecule has 0 saturated heterocycles. The lowest BCUT2D eigenvalue weighted by Gasteiger charge is -2.12. The highest BCUT2D eigenvalue weighted by atomic mass is 32.2. The van der Waals surface area contributed by atoms with Gasteiger partial charge in [0, 0.05) is 16.5 Å². The molecular formula is C27H24O3S. The molecule has 0 aliphatic heterocycles. The van der Waals surface area contributed by atoms with E-state index in [0.29, 0.717) is 11.7 Å². The monoisotopic (exact) mass is 428 g/mol. The zero-order valence-corrected chi connectivity index (χ0v) is 18.4. The average molecular weight is 429 g/mol. The van der Waals surface area contributed by atoms with Crippen molar-refractivity contribution in [2.45, 2.75) is 30.1 Å². The molecule has 0 fully saturated rings. The maximum atomic E-state index is 12.8. The highest BCUT2D eigenvalue weighted by Crippen LogP contribution is 2.37. The molecule has 156 valence electrons. The molecule has 31 heavy (non-hydrogen) atoms. The zero-order chi connectivity index (χ0) is 21.8. The number of hydrogen-bond acceptors (Lipinski definition) is 4. The molecule has 3 aromatic carbocycles. The first-order chi connectivity index (χ1) is 15.0. The smallest absolute Gasteiger partial charge is 0.354 e. The van der Waals surface area contributed by atoms with E-state index in [2.05, 4.69) is 19.9 Å². The normalized spacial score (nSPS) is 11.1. The zero-order valence-electron chi connectivity index (χ0n) is 17.5. The van der Waals surface area contributed by atoms with Gasteiger partial charge in [0.15, 0.2) is 0 Å². The van der Waals surface area contributed by atoms with Crippen molar-refractivity contribution in [3.05, 3.63) is 101 Å². The van der Waals surface area contributed by atoms with E-state index in [1.807, 2.05) is 72.8 Å². The minimum atomic E-state index is -0.538. The van der Waals surface area contributed by atoms with Gasteiger partial charge in [-0.2, -0.15) is 0 Å². The van der Waals surface area contributed by atoms with Crippen LogP contribution in [0.4, 0.5) is 0 Å². The lowest BCUT2D eigenvalue weighted by atomic mass is 10.0. The van der Waals surface area contributed by atoms with Crippen molar-refractivity contribution in [2.75, 3.05) is 0 Å². The predicted octanol–water partition coefficient (Wildman–Crippen LogP) is 7.03. The summed E-state index contributed by atoms with van der Waals surface area (Å²) in [5, 5.41) is 10.7. The van der Waals surface area contributed by atoms with E-state index >= 15 is 0 Å². The molecule has 4 rings (SSSR count). The Balaban J connectivity index is 1.67. The van der Waals surface area contributed by atoms with Gasteiger partial charge in [0.2, 0.25) is 0 Å². The second-order valence-electron chi connectivity index (χ2n) is 7.87. The summed E-state index contributed by atoms with van der Waals surface area (Å²) < 4.78 is 5.62. The molecule has 1 heterocycles. The highest BCUT2D eigenvalue weighted by Gasteiger charge is 2.16. The van der Waals surface area contributed by atoms with Crippen molar-refractivity contribution in [3.8, 4) is 28.2 Å². The van der Waals surface area contributed by atoms with Crippen molar-refractivity contribution in [1.82, 2.24) is 0 Å². The standard InChI is InChI=1S/C27H24O3S/c1-18(2)15-22-11-6-7-14-25(22)31-26-23(28)17-24(30-27(26)29)21-13-8-12-20(16-21)19-9-4-3-5-10-19/h3-14,16-18,28H,15H2,1-2H3. The van der Waals surface area contributed by atoms with Crippen LogP contribution in [-0.4, -0.2) is 5.11 Å². The quantitative estimate of drug-likeness (QED) is 0.358. The maximum Gasteiger partial charge on any atom is 0.354 e. The minimum Gasteiger partial charge on any atom is -0.506 e. The van der Waals surface area contributed by atoms with Crippen molar-refractivity contribution in [3.63, 3.8) is 0 Å². The molecule has 0 atom stereocenters. The van der Waals surface area contributed by atoms with Crippen LogP contribution in [0.5, 0.6) is 5.75 Å². The van der Waals surface area contributed by atoms with Crippen molar-refractivity contribution >= 4 is 11.8 Å². The summed E-state index contributed by atoms with van der Waals surface area (Å²) in [6.45, 7) is 4.32. The average Bonchev–Trinajstić information content (AvgIpc) is 2.77. The summed E-state index contributed by atoms with van der Waals surface area (Å²) in [6.07, 6.45) is 0.902. The van der Waals surface area contributed by atoms with Gasteiger partial charge in [0.1, 0.15) is 16.4 Å². The molecule has 0 unspecified atom stereocenters. The Hall–Kier alpha value is -3.24. The summed E-state index contributed by atoms with van der Waals surface area (Å²) in [6, 6.07) is 27.2. The lowest BCUT2D eigenvalue weighted by molar-refractivity contribution is 0.430. The number of hydrogen-bond donors (Lipinski definition) is 1. The van der Waals surface area contributed by atoms with Crippen LogP contribution < -0.4 is 5.63 Å². The van der Waals surface area contributed by atoms with Gasteiger partial charge in [-0.1, -0.05) is 92.3 Å². The van der Waals surface area contributed by atoms with E-state index in [4.69, 9.17) is 4.42 Å². The summed E-state index contributed by atoms with van der Waals surface area (Å²) in [5.74, 6) is 0.770. The minimum absolute atomic E-state index is 0.0688. The van der Waals surface area contributed by atoms with E-state index in [-0.39, 0.29) is 10.6 Å². The third-order valence-electron chi connectivity index (χ3n) is 4.96. The van der Waals surface area contributed by atoms with Gasteiger partial charge in [0.05, 0.1) is 0 Å². The Kier molecular flexibility index (Phi) is 6.28. The van der Waals surface area contributed by atoms with Crippen molar-refractivity contribution < 1.29 is 9.52 Å². The first kappa shape index (κ1) is 21.0. The fourth-order valence-corrected chi connectivity index (χ4v) is 4.45. The molecule has 1 aromatic heterocycles. The number of rotatable bonds is 6. The molecule has 3 nitrogen and oxygen atoms in total. The Labute approximate surface area is 186 Å². The Morgan fingerprint density at radius 3 is 2.26 bits per heavy atom. The van der Waals surface area contributed by atoms with E-state index < -0.39 is 5.63 Å². The largest absolute Gasteiger partial charge is 0.506 e. The fraction of sp³-hybridized carbons (Fsp3) is 0.148. The summed E-state index contributed by atoms with van der Waals surface area (Å²) in [7, 11) is 0. The van der Waals surface area contributed by atoms with E-state index in [9.17, 15) is 9.90 Å². The molecule has 0 radical (unpaired) electrons. The second-order valence-corrected chi connectivity index (χ2v) is 8.92. The van der Waals surface area contributed by atoms with Crippen LogP contribution in [0.3, 0.4) is 0 Å². The van der Waals surface area contributed by atoms with E-state index in [1.54, 1.807) is 0 Å². The molecule has 0 aliphatic rings. The van der Waals surface area contributed by atoms with Crippen molar-refractivity contribution in [2.24, 2.45) is 5.92 Å². The van der Waals surface area contributed by atoms with Crippen LogP contribution in [-0.2, 0) is 6.42 Å². The highest BCUT2D eigenvalue weighted by molar-refractivity contribution is 7.99. The number of benzene rings is 3. The summed E-state index contributed by atoms with van der Waals surface area (Å²) in [5.41, 5.74) is 3.45. The summed E-state index contributed by atoms with van der Waals surface area (Å²) in [4.78, 5) is 13.9. The molecular weight excluding hydrogens is 404 g/mol. The molecule has 0 amide bonds. The van der Waals surface area contributed by atoms with Crippen LogP contribution in [0.2, 0.25) is 0 Å². The Bertz CT molecular complexity index is 1240. The maximum absolute atomic E-state index is 12.8. The van der Waals surface area contributed by atoms with Crippen LogP contribution in [0.25, 0.3) is 22.5 Å². The van der Waals surface area contributed by atoms with Crippen molar-refractivity contribution in [1.29, 1.82) is 0 Å². The van der Waals surface area contributed by atoms with Gasteiger partial charge >= 0.3 is 5.63 Å². The topological polar surface area (TPSA) is 50.4 Å². The molecule has 4 heteroatoms. The molecule has 0 bridgehead atoms. The molecule has 4 aromatic rings. The van der Waals surface area contributed by atoms with Gasteiger partial charge in [-0.05, 0) is 41.2 Å². The third kappa shape index (κ3) is 4.92. The van der Waals surface area contributed by atoms with E-state index in [0.717, 1.165) is 33.6 Å². The molecule has 1 N–H and O–H groups in total. The van der Waals surface area contributed by atoms with Gasteiger partial charge in [-0.25, -0.2) is 4.79 Å². The second kappa shape index (κ2) is 9.27. The molecule has 0 saturated carbocycles. The third-order valence-corrected chi connectivity index (χ3v) is 6.15. The Morgan fingerprint density at radius 1 is 0.839 bits per heavy atom. The van der Waals surface area contributed by atoms with E-state index in [1.165, 1.54) is 17.8 Å². The van der Waals surface area contributed by atoms with Crippen LogP contribution in [0.1, 0.15) is 19.4 Å². The molecule has 0 spiro atoms. The number of aromatic hydroxyl groups is 1. The first-order valence-corrected chi connectivity index (χ1v) is 11.1. The Morgan fingerprint density at radius 2 is 1.52 bits per heavy atom.